The number of thiocarbonyl (C=S) groups is 1. The van der Waals surface area contributed by atoms with Crippen LogP contribution in [0.3, 0.4) is 0 Å². The Labute approximate surface area is 234 Å². The second kappa shape index (κ2) is 17.3. The van der Waals surface area contributed by atoms with E-state index in [0.717, 1.165) is 25.7 Å². The molecule has 2 amide bonds. The third-order valence-corrected chi connectivity index (χ3v) is 7.05. The highest BCUT2D eigenvalue weighted by Crippen LogP contribution is 2.26. The molecule has 1 unspecified atom stereocenters. The number of ether oxygens (including phenoxy) is 2. The first-order valence-corrected chi connectivity index (χ1v) is 14.5. The maximum Gasteiger partial charge on any atom is 0.308 e. The number of hydrogen-bond donors (Lipinski definition) is 2. The van der Waals surface area contributed by atoms with Crippen LogP contribution in [-0.2, 0) is 14.3 Å². The zero-order chi connectivity index (χ0) is 27.0. The molecule has 1 fully saturated rings. The van der Waals surface area contributed by atoms with Crippen LogP contribution < -0.4 is 15.4 Å². The van der Waals surface area contributed by atoms with Crippen LogP contribution >= 0.6 is 28.1 Å². The lowest BCUT2D eigenvalue weighted by Crippen LogP contribution is -2.60. The molecule has 1 saturated heterocycles. The van der Waals surface area contributed by atoms with E-state index in [1.165, 1.54) is 32.1 Å². The number of esters is 1. The number of nitrogens with one attached hydrogen (secondary N) is 2. The summed E-state index contributed by atoms with van der Waals surface area (Å²) in [5.74, 6) is -0.517. The van der Waals surface area contributed by atoms with E-state index in [9.17, 15) is 14.4 Å². The van der Waals surface area contributed by atoms with Gasteiger partial charge >= 0.3 is 5.97 Å². The minimum absolute atomic E-state index is 0.100. The molecule has 1 heterocycles. The number of carbonyl (C=O) groups is 3. The van der Waals surface area contributed by atoms with E-state index < -0.39 is 17.9 Å². The summed E-state index contributed by atoms with van der Waals surface area (Å²) in [6.45, 7) is 5.89. The highest BCUT2D eigenvalue weighted by Gasteiger charge is 2.34. The van der Waals surface area contributed by atoms with E-state index >= 15 is 0 Å². The van der Waals surface area contributed by atoms with Gasteiger partial charge in [-0.25, -0.2) is 0 Å². The second-order valence-electron chi connectivity index (χ2n) is 9.15. The maximum absolute atomic E-state index is 12.8. The minimum atomic E-state index is -0.829. The monoisotopic (exact) mass is 597 g/mol. The second-order valence-corrected chi connectivity index (χ2v) is 10.4. The van der Waals surface area contributed by atoms with Crippen molar-refractivity contribution in [3.63, 3.8) is 0 Å². The van der Waals surface area contributed by atoms with Crippen LogP contribution in [0.15, 0.2) is 22.7 Å². The quantitative estimate of drug-likeness (QED) is 0.164. The first-order valence-electron chi connectivity index (χ1n) is 13.3. The van der Waals surface area contributed by atoms with Gasteiger partial charge in [-0.15, -0.1) is 0 Å². The Kier molecular flexibility index (Phi) is 14.5. The molecular formula is C27H40BrN3O5S. The van der Waals surface area contributed by atoms with Crippen molar-refractivity contribution in [2.45, 2.75) is 84.1 Å². The molecule has 1 aromatic rings. The number of halogens is 1. The first-order chi connectivity index (χ1) is 17.9. The Morgan fingerprint density at radius 3 is 2.46 bits per heavy atom. The SMILES string of the molecule is CCCCCCCCCCOC(=O)CC1C(=O)NCCN1C(=S)NC(=O)c1ccc(OCCC)c(Br)c1. The summed E-state index contributed by atoms with van der Waals surface area (Å²) in [6, 6.07) is 4.20. The average Bonchev–Trinajstić information content (AvgIpc) is 2.88. The Morgan fingerprint density at radius 1 is 1.08 bits per heavy atom. The molecule has 37 heavy (non-hydrogen) atoms. The van der Waals surface area contributed by atoms with E-state index in [2.05, 4.69) is 33.5 Å². The molecule has 2 rings (SSSR count). The lowest BCUT2D eigenvalue weighted by molar-refractivity contribution is -0.147. The van der Waals surface area contributed by atoms with Gasteiger partial charge in [0, 0.05) is 18.7 Å². The normalized spacial score (nSPS) is 15.2. The molecule has 0 aliphatic carbocycles. The fourth-order valence-corrected chi connectivity index (χ4v) is 4.82. The molecule has 0 radical (unpaired) electrons. The largest absolute Gasteiger partial charge is 0.492 e. The summed E-state index contributed by atoms with van der Waals surface area (Å²) in [6.07, 6.45) is 9.99. The number of nitrogens with zero attached hydrogens (tertiary/aromatic N) is 1. The fourth-order valence-electron chi connectivity index (χ4n) is 4.01. The van der Waals surface area contributed by atoms with Gasteiger partial charge in [0.1, 0.15) is 11.8 Å². The summed E-state index contributed by atoms with van der Waals surface area (Å²) in [4.78, 5) is 39.4. The molecule has 0 spiro atoms. The Morgan fingerprint density at radius 2 is 1.78 bits per heavy atom. The van der Waals surface area contributed by atoms with Crippen molar-refractivity contribution >= 4 is 51.0 Å². The van der Waals surface area contributed by atoms with E-state index in [1.807, 2.05) is 6.92 Å². The molecule has 0 saturated carbocycles. The molecular weight excluding hydrogens is 558 g/mol. The lowest BCUT2D eigenvalue weighted by atomic mass is 10.1. The Hall–Kier alpha value is -2.20. The highest BCUT2D eigenvalue weighted by atomic mass is 79.9. The van der Waals surface area contributed by atoms with Gasteiger partial charge in [0.15, 0.2) is 5.11 Å². The molecule has 2 N–H and O–H groups in total. The average molecular weight is 599 g/mol. The van der Waals surface area contributed by atoms with Crippen LogP contribution in [-0.4, -0.2) is 60.1 Å². The molecule has 206 valence electrons. The van der Waals surface area contributed by atoms with Gasteiger partial charge in [-0.1, -0.05) is 58.8 Å². The van der Waals surface area contributed by atoms with E-state index in [-0.39, 0.29) is 17.4 Å². The summed E-state index contributed by atoms with van der Waals surface area (Å²) >= 11 is 8.87. The Balaban J connectivity index is 1.83. The predicted molar refractivity (Wildman–Crippen MR) is 152 cm³/mol. The summed E-state index contributed by atoms with van der Waals surface area (Å²) < 4.78 is 11.7. The van der Waals surface area contributed by atoms with Gasteiger partial charge in [-0.3, -0.25) is 19.7 Å². The zero-order valence-corrected chi connectivity index (χ0v) is 24.4. The van der Waals surface area contributed by atoms with Crippen molar-refractivity contribution in [2.75, 3.05) is 26.3 Å². The molecule has 8 nitrogen and oxygen atoms in total. The minimum Gasteiger partial charge on any atom is -0.492 e. The van der Waals surface area contributed by atoms with Crippen molar-refractivity contribution in [1.82, 2.24) is 15.5 Å². The van der Waals surface area contributed by atoms with Crippen LogP contribution in [0.5, 0.6) is 5.75 Å². The number of benzene rings is 1. The molecule has 1 aromatic carbocycles. The number of carbonyl (C=O) groups excluding carboxylic acids is 3. The van der Waals surface area contributed by atoms with Crippen LogP contribution in [0.1, 0.15) is 88.4 Å². The van der Waals surface area contributed by atoms with Crippen LogP contribution in [0, 0.1) is 0 Å². The van der Waals surface area contributed by atoms with Crippen molar-refractivity contribution in [3.05, 3.63) is 28.2 Å². The Bertz CT molecular complexity index is 914. The number of rotatable bonds is 15. The summed E-state index contributed by atoms with van der Waals surface area (Å²) in [5.41, 5.74) is 0.390. The number of hydrogen-bond acceptors (Lipinski definition) is 6. The molecule has 1 aliphatic rings. The molecule has 0 bridgehead atoms. The van der Waals surface area contributed by atoms with Crippen molar-refractivity contribution in [2.24, 2.45) is 0 Å². The topological polar surface area (TPSA) is 97.0 Å². The van der Waals surface area contributed by atoms with Crippen molar-refractivity contribution < 1.29 is 23.9 Å². The van der Waals surface area contributed by atoms with Crippen molar-refractivity contribution in [1.29, 1.82) is 0 Å². The van der Waals surface area contributed by atoms with E-state index in [0.29, 0.717) is 42.1 Å². The summed E-state index contributed by atoms with van der Waals surface area (Å²) in [7, 11) is 0. The number of unbranched alkanes of at least 4 members (excludes halogenated alkanes) is 7. The van der Waals surface area contributed by atoms with Gasteiger partial charge < -0.3 is 19.7 Å². The van der Waals surface area contributed by atoms with Gasteiger partial charge in [0.05, 0.1) is 24.1 Å². The third kappa shape index (κ3) is 11.0. The maximum atomic E-state index is 12.8. The molecule has 1 aliphatic heterocycles. The van der Waals surface area contributed by atoms with Gasteiger partial charge in [-0.05, 0) is 59.2 Å². The predicted octanol–water partition coefficient (Wildman–Crippen LogP) is 5.13. The van der Waals surface area contributed by atoms with Gasteiger partial charge in [0.25, 0.3) is 5.91 Å². The standard InChI is InChI=1S/C27H40BrN3O5S/c1-3-5-6-7-8-9-10-11-17-36-24(32)19-22-26(34)29-14-15-31(22)27(37)30-25(33)20-12-13-23(21(28)18-20)35-16-4-2/h12-13,18,22H,3-11,14-17,19H2,1-2H3,(H,29,34)(H,30,33,37). The number of piperazine rings is 1. The summed E-state index contributed by atoms with van der Waals surface area (Å²) in [5, 5.41) is 5.55. The van der Waals surface area contributed by atoms with Crippen molar-refractivity contribution in [3.8, 4) is 5.75 Å². The molecule has 10 heteroatoms. The van der Waals surface area contributed by atoms with Crippen LogP contribution in [0.2, 0.25) is 0 Å². The van der Waals surface area contributed by atoms with Gasteiger partial charge in [0.2, 0.25) is 5.91 Å². The first kappa shape index (κ1) is 31.0. The molecule has 0 aromatic heterocycles. The van der Waals surface area contributed by atoms with E-state index in [1.54, 1.807) is 23.1 Å². The number of amides is 2. The zero-order valence-electron chi connectivity index (χ0n) is 22.0. The van der Waals surface area contributed by atoms with Gasteiger partial charge in [-0.2, -0.15) is 0 Å². The lowest BCUT2D eigenvalue weighted by Gasteiger charge is -2.36. The smallest absolute Gasteiger partial charge is 0.308 e. The highest BCUT2D eigenvalue weighted by molar-refractivity contribution is 9.10. The fraction of sp³-hybridized carbons (Fsp3) is 0.630. The molecule has 1 atom stereocenters. The third-order valence-electron chi connectivity index (χ3n) is 6.09. The van der Waals surface area contributed by atoms with E-state index in [4.69, 9.17) is 21.7 Å². The van der Waals surface area contributed by atoms with Crippen LogP contribution in [0.25, 0.3) is 0 Å². The van der Waals surface area contributed by atoms with Crippen LogP contribution in [0.4, 0.5) is 0 Å².